The number of ether oxygens (including phenoxy) is 1. The quantitative estimate of drug-likeness (QED) is 0.885. The highest BCUT2D eigenvalue weighted by Crippen LogP contribution is 2.17. The van der Waals surface area contributed by atoms with Gasteiger partial charge >= 0.3 is 0 Å². The Morgan fingerprint density at radius 1 is 1.55 bits per heavy atom. The summed E-state index contributed by atoms with van der Waals surface area (Å²) >= 11 is 0. The molecule has 3 rings (SSSR count). The fourth-order valence-electron chi connectivity index (χ4n) is 2.50. The zero-order valence-electron chi connectivity index (χ0n) is 12.5. The van der Waals surface area contributed by atoms with Crippen molar-refractivity contribution in [3.05, 3.63) is 48.5 Å². The molecule has 1 aromatic heterocycles. The van der Waals surface area contributed by atoms with Crippen LogP contribution in [0.25, 0.3) is 5.69 Å². The largest absolute Gasteiger partial charge is 0.378 e. The molecule has 1 aliphatic heterocycles. The number of carbonyl (C=O) groups excluding carboxylic acids is 1. The summed E-state index contributed by atoms with van der Waals surface area (Å²) in [5, 5.41) is 6.19. The molecule has 0 radical (unpaired) electrons. The molecule has 1 saturated heterocycles. The van der Waals surface area contributed by atoms with Crippen molar-refractivity contribution in [2.45, 2.75) is 19.0 Å². The van der Waals surface area contributed by atoms with E-state index in [0.717, 1.165) is 11.3 Å². The summed E-state index contributed by atoms with van der Waals surface area (Å²) in [6, 6.07) is 7.71. The Bertz CT molecular complexity index is 621. The smallest absolute Gasteiger partial charge is 0.240 e. The van der Waals surface area contributed by atoms with E-state index in [-0.39, 0.29) is 18.0 Å². The first-order chi connectivity index (χ1) is 10.7. The molecule has 2 aromatic rings. The molecule has 116 valence electrons. The van der Waals surface area contributed by atoms with Gasteiger partial charge in [-0.15, -0.1) is 0 Å². The molecule has 0 saturated carbocycles. The van der Waals surface area contributed by atoms with Gasteiger partial charge in [-0.3, -0.25) is 4.79 Å². The Morgan fingerprint density at radius 3 is 3.18 bits per heavy atom. The summed E-state index contributed by atoms with van der Waals surface area (Å²) in [5.41, 5.74) is 2.08. The topological polar surface area (TPSA) is 68.2 Å². The number of nitrogens with zero attached hydrogens (tertiary/aromatic N) is 2. The lowest BCUT2D eigenvalue weighted by Gasteiger charge is -2.25. The minimum absolute atomic E-state index is 0.0276. The zero-order chi connectivity index (χ0) is 15.4. The third kappa shape index (κ3) is 3.35. The molecule has 1 aromatic carbocycles. The van der Waals surface area contributed by atoms with Gasteiger partial charge in [0.05, 0.1) is 25.6 Å². The Hall–Kier alpha value is -2.18. The predicted octanol–water partition coefficient (Wildman–Crippen LogP) is 1.04. The second kappa shape index (κ2) is 6.72. The molecule has 2 heterocycles. The lowest BCUT2D eigenvalue weighted by molar-refractivity contribution is -0.126. The highest BCUT2D eigenvalue weighted by atomic mass is 16.5. The van der Waals surface area contributed by atoms with E-state index in [0.29, 0.717) is 19.8 Å². The molecular weight excluding hydrogens is 280 g/mol. The highest BCUT2D eigenvalue weighted by molar-refractivity contribution is 5.82. The van der Waals surface area contributed by atoms with E-state index in [1.54, 1.807) is 12.5 Å². The van der Waals surface area contributed by atoms with Crippen molar-refractivity contribution >= 4 is 5.91 Å². The number of benzene rings is 1. The normalized spacial score (nSPS) is 19.6. The first-order valence-corrected chi connectivity index (χ1v) is 7.44. The van der Waals surface area contributed by atoms with Gasteiger partial charge in [-0.1, -0.05) is 12.1 Å². The van der Waals surface area contributed by atoms with Crippen LogP contribution in [-0.2, 0) is 9.53 Å². The van der Waals surface area contributed by atoms with Crippen LogP contribution >= 0.6 is 0 Å². The molecule has 1 fully saturated rings. The monoisotopic (exact) mass is 300 g/mol. The van der Waals surface area contributed by atoms with E-state index in [1.165, 1.54) is 0 Å². The molecule has 22 heavy (non-hydrogen) atoms. The van der Waals surface area contributed by atoms with E-state index in [2.05, 4.69) is 21.7 Å². The first kappa shape index (κ1) is 14.7. The van der Waals surface area contributed by atoms with Gasteiger partial charge in [-0.25, -0.2) is 4.98 Å². The molecule has 2 unspecified atom stereocenters. The van der Waals surface area contributed by atoms with E-state index in [1.807, 2.05) is 35.9 Å². The van der Waals surface area contributed by atoms with Gasteiger partial charge in [0.25, 0.3) is 0 Å². The Morgan fingerprint density at radius 2 is 2.45 bits per heavy atom. The van der Waals surface area contributed by atoms with Crippen LogP contribution in [0.15, 0.2) is 43.0 Å². The van der Waals surface area contributed by atoms with Crippen molar-refractivity contribution in [2.75, 3.05) is 19.8 Å². The van der Waals surface area contributed by atoms with Gasteiger partial charge in [-0.05, 0) is 24.6 Å². The Balaban J connectivity index is 1.68. The van der Waals surface area contributed by atoms with Crippen LogP contribution in [0.5, 0.6) is 0 Å². The summed E-state index contributed by atoms with van der Waals surface area (Å²) < 4.78 is 7.26. The Labute approximate surface area is 129 Å². The average molecular weight is 300 g/mol. The van der Waals surface area contributed by atoms with E-state index in [9.17, 15) is 4.79 Å². The Kier molecular flexibility index (Phi) is 4.50. The first-order valence-electron chi connectivity index (χ1n) is 7.44. The molecule has 6 heteroatoms. The fraction of sp³-hybridized carbons (Fsp3) is 0.375. The van der Waals surface area contributed by atoms with Crippen LogP contribution in [0.1, 0.15) is 18.5 Å². The standard InChI is InChI=1S/C16H20N4O2/c1-12(19-16(21)15-10-22-8-6-18-15)13-3-2-4-14(9-13)20-7-5-17-11-20/h2-5,7,9,11-12,15,18H,6,8,10H2,1H3,(H,19,21). The summed E-state index contributed by atoms with van der Waals surface area (Å²) in [4.78, 5) is 16.3. The third-order valence-electron chi connectivity index (χ3n) is 3.77. The van der Waals surface area contributed by atoms with Gasteiger partial charge in [0.2, 0.25) is 5.91 Å². The van der Waals surface area contributed by atoms with Crippen LogP contribution in [0.3, 0.4) is 0 Å². The SMILES string of the molecule is CC(NC(=O)C1COCCN1)c1cccc(-n2ccnc2)c1. The average Bonchev–Trinajstić information content (AvgIpc) is 3.10. The third-order valence-corrected chi connectivity index (χ3v) is 3.77. The van der Waals surface area contributed by atoms with Crippen molar-refractivity contribution in [2.24, 2.45) is 0 Å². The van der Waals surface area contributed by atoms with Crippen molar-refractivity contribution in [3.63, 3.8) is 0 Å². The molecular formula is C16H20N4O2. The van der Waals surface area contributed by atoms with Crippen LogP contribution < -0.4 is 10.6 Å². The molecule has 2 N–H and O–H groups in total. The van der Waals surface area contributed by atoms with E-state index in [4.69, 9.17) is 4.74 Å². The van der Waals surface area contributed by atoms with Crippen molar-refractivity contribution in [1.29, 1.82) is 0 Å². The van der Waals surface area contributed by atoms with E-state index >= 15 is 0 Å². The second-order valence-electron chi connectivity index (χ2n) is 5.38. The lowest BCUT2D eigenvalue weighted by atomic mass is 10.1. The molecule has 1 amide bonds. The van der Waals surface area contributed by atoms with E-state index < -0.39 is 0 Å². The number of morpholine rings is 1. The summed E-state index contributed by atoms with van der Waals surface area (Å²) in [6.45, 7) is 3.77. The summed E-state index contributed by atoms with van der Waals surface area (Å²) in [6.07, 6.45) is 5.39. The van der Waals surface area contributed by atoms with Crippen molar-refractivity contribution < 1.29 is 9.53 Å². The van der Waals surface area contributed by atoms with Crippen LogP contribution in [0, 0.1) is 0 Å². The van der Waals surface area contributed by atoms with Gasteiger partial charge in [-0.2, -0.15) is 0 Å². The van der Waals surface area contributed by atoms with Crippen LogP contribution in [0.4, 0.5) is 0 Å². The van der Waals surface area contributed by atoms with Gasteiger partial charge in [0.1, 0.15) is 6.04 Å². The highest BCUT2D eigenvalue weighted by Gasteiger charge is 2.22. The maximum atomic E-state index is 12.2. The van der Waals surface area contributed by atoms with Crippen LogP contribution in [0.2, 0.25) is 0 Å². The second-order valence-corrected chi connectivity index (χ2v) is 5.38. The summed E-state index contributed by atoms with van der Waals surface area (Å²) in [5.74, 6) is -0.0276. The number of hydrogen-bond acceptors (Lipinski definition) is 4. The van der Waals surface area contributed by atoms with Crippen molar-refractivity contribution in [1.82, 2.24) is 20.2 Å². The van der Waals surface area contributed by atoms with Gasteiger partial charge in [0.15, 0.2) is 0 Å². The van der Waals surface area contributed by atoms with Crippen LogP contribution in [-0.4, -0.2) is 41.3 Å². The number of hydrogen-bond donors (Lipinski definition) is 2. The maximum absolute atomic E-state index is 12.2. The number of rotatable bonds is 4. The maximum Gasteiger partial charge on any atom is 0.240 e. The van der Waals surface area contributed by atoms with Gasteiger partial charge < -0.3 is 19.9 Å². The molecule has 0 bridgehead atoms. The molecule has 0 spiro atoms. The molecule has 0 aliphatic carbocycles. The van der Waals surface area contributed by atoms with Crippen molar-refractivity contribution in [3.8, 4) is 5.69 Å². The molecule has 2 atom stereocenters. The zero-order valence-corrected chi connectivity index (χ0v) is 12.5. The minimum Gasteiger partial charge on any atom is -0.378 e. The number of aromatic nitrogens is 2. The number of amides is 1. The number of nitrogens with one attached hydrogen (secondary N) is 2. The number of imidazole rings is 1. The summed E-state index contributed by atoms with van der Waals surface area (Å²) in [7, 11) is 0. The fourth-order valence-corrected chi connectivity index (χ4v) is 2.50. The van der Waals surface area contributed by atoms with Gasteiger partial charge in [0, 0.05) is 24.6 Å². The minimum atomic E-state index is -0.270. The predicted molar refractivity (Wildman–Crippen MR) is 82.7 cm³/mol. The molecule has 6 nitrogen and oxygen atoms in total. The number of carbonyl (C=O) groups is 1. The molecule has 1 aliphatic rings. The lowest BCUT2D eigenvalue weighted by Crippen LogP contribution is -2.51.